The maximum absolute atomic E-state index is 12.4. The topological polar surface area (TPSA) is 104 Å². The molecule has 1 N–H and O–H groups in total. The van der Waals surface area contributed by atoms with Crippen molar-refractivity contribution in [3.63, 3.8) is 0 Å². The Bertz CT molecular complexity index is 1040. The van der Waals surface area contributed by atoms with Gasteiger partial charge in [-0.25, -0.2) is 9.78 Å². The number of aryl methyl sites for hydroxylation is 2. The molecule has 9 heteroatoms. The van der Waals surface area contributed by atoms with Gasteiger partial charge in [0.25, 0.3) is 5.56 Å². The number of aromatic nitrogens is 4. The summed E-state index contributed by atoms with van der Waals surface area (Å²) in [5.41, 5.74) is -0.437. The second-order valence-corrected chi connectivity index (χ2v) is 6.34. The van der Waals surface area contributed by atoms with E-state index in [0.717, 1.165) is 23.2 Å². The number of amides is 1. The first kappa shape index (κ1) is 17.7. The Hall–Kier alpha value is -3.10. The zero-order valence-corrected chi connectivity index (χ0v) is 14.9. The van der Waals surface area contributed by atoms with Gasteiger partial charge in [-0.05, 0) is 25.5 Å². The normalized spacial score (nSPS) is 12.4. The van der Waals surface area contributed by atoms with Crippen LogP contribution >= 0.6 is 0 Å². The summed E-state index contributed by atoms with van der Waals surface area (Å²) in [6, 6.07) is 3.68. The highest BCUT2D eigenvalue weighted by Gasteiger charge is 2.16. The third kappa shape index (κ3) is 3.32. The number of fused-ring (bicyclic) bond motifs is 1. The standard InChI is InChI=1S/C17H21N5O4/c1-11(6-7-12-5-4-8-26-12)19-13(23)9-22-10-18-15-14(22)16(24)21(3)17(25)20(15)2/h4-5,8,10-11H,6-7,9H2,1-3H3,(H,19,23). The average Bonchev–Trinajstić information content (AvgIpc) is 3.26. The van der Waals surface area contributed by atoms with E-state index >= 15 is 0 Å². The lowest BCUT2D eigenvalue weighted by atomic mass is 10.1. The summed E-state index contributed by atoms with van der Waals surface area (Å²) in [6.45, 7) is 1.87. The van der Waals surface area contributed by atoms with Crippen molar-refractivity contribution >= 4 is 17.1 Å². The summed E-state index contributed by atoms with van der Waals surface area (Å²) in [7, 11) is 2.94. The number of carbonyl (C=O) groups excluding carboxylic acids is 1. The lowest BCUT2D eigenvalue weighted by Gasteiger charge is -2.13. The molecular weight excluding hydrogens is 338 g/mol. The van der Waals surface area contributed by atoms with Crippen molar-refractivity contribution in [1.29, 1.82) is 0 Å². The van der Waals surface area contributed by atoms with Crippen LogP contribution in [0.1, 0.15) is 19.1 Å². The summed E-state index contributed by atoms with van der Waals surface area (Å²) in [5.74, 6) is 0.642. The zero-order valence-electron chi connectivity index (χ0n) is 14.9. The highest BCUT2D eigenvalue weighted by Crippen LogP contribution is 2.07. The van der Waals surface area contributed by atoms with E-state index in [1.165, 1.54) is 29.6 Å². The molecule has 138 valence electrons. The van der Waals surface area contributed by atoms with E-state index in [0.29, 0.717) is 0 Å². The second-order valence-electron chi connectivity index (χ2n) is 6.34. The van der Waals surface area contributed by atoms with E-state index in [4.69, 9.17) is 4.42 Å². The van der Waals surface area contributed by atoms with Crippen LogP contribution < -0.4 is 16.6 Å². The SMILES string of the molecule is CC(CCc1ccco1)NC(=O)Cn1cnc2c1c(=O)n(C)c(=O)n2C. The van der Waals surface area contributed by atoms with Gasteiger partial charge in [-0.15, -0.1) is 0 Å². The maximum atomic E-state index is 12.4. The average molecular weight is 359 g/mol. The highest BCUT2D eigenvalue weighted by atomic mass is 16.3. The van der Waals surface area contributed by atoms with Crippen LogP contribution in [0, 0.1) is 0 Å². The van der Waals surface area contributed by atoms with Crippen molar-refractivity contribution < 1.29 is 9.21 Å². The third-order valence-corrected chi connectivity index (χ3v) is 4.34. The molecule has 1 unspecified atom stereocenters. The highest BCUT2D eigenvalue weighted by molar-refractivity contribution is 5.79. The molecule has 0 radical (unpaired) electrons. The number of nitrogens with zero attached hydrogens (tertiary/aromatic N) is 4. The van der Waals surface area contributed by atoms with Crippen LogP contribution in [0.5, 0.6) is 0 Å². The van der Waals surface area contributed by atoms with Gasteiger partial charge in [-0.3, -0.25) is 18.7 Å². The fourth-order valence-electron chi connectivity index (χ4n) is 2.88. The molecule has 3 heterocycles. The van der Waals surface area contributed by atoms with Crippen LogP contribution in [-0.2, 0) is 31.9 Å². The smallest absolute Gasteiger partial charge is 0.332 e. The molecule has 0 aliphatic carbocycles. The maximum Gasteiger partial charge on any atom is 0.332 e. The van der Waals surface area contributed by atoms with Gasteiger partial charge in [0.05, 0.1) is 12.6 Å². The van der Waals surface area contributed by atoms with Crippen molar-refractivity contribution in [2.75, 3.05) is 0 Å². The molecular formula is C17H21N5O4. The lowest BCUT2D eigenvalue weighted by Crippen LogP contribution is -2.39. The monoisotopic (exact) mass is 359 g/mol. The third-order valence-electron chi connectivity index (χ3n) is 4.34. The van der Waals surface area contributed by atoms with E-state index in [9.17, 15) is 14.4 Å². The van der Waals surface area contributed by atoms with Crippen molar-refractivity contribution in [1.82, 2.24) is 24.0 Å². The summed E-state index contributed by atoms with van der Waals surface area (Å²) in [5, 5.41) is 2.90. The molecule has 0 fully saturated rings. The Morgan fingerprint density at radius 1 is 1.31 bits per heavy atom. The van der Waals surface area contributed by atoms with Crippen molar-refractivity contribution in [2.24, 2.45) is 14.1 Å². The van der Waals surface area contributed by atoms with Gasteiger partial charge < -0.3 is 14.3 Å². The molecule has 9 nitrogen and oxygen atoms in total. The number of carbonyl (C=O) groups is 1. The molecule has 1 atom stereocenters. The van der Waals surface area contributed by atoms with Gasteiger partial charge in [0.2, 0.25) is 5.91 Å². The first-order valence-electron chi connectivity index (χ1n) is 8.31. The van der Waals surface area contributed by atoms with Crippen LogP contribution in [0.3, 0.4) is 0 Å². The Morgan fingerprint density at radius 3 is 2.77 bits per heavy atom. The molecule has 0 saturated carbocycles. The van der Waals surface area contributed by atoms with Crippen LogP contribution in [0.2, 0.25) is 0 Å². The van der Waals surface area contributed by atoms with Crippen LogP contribution in [-0.4, -0.2) is 30.6 Å². The van der Waals surface area contributed by atoms with Crippen molar-refractivity contribution in [3.05, 3.63) is 51.3 Å². The van der Waals surface area contributed by atoms with E-state index in [2.05, 4.69) is 10.3 Å². The van der Waals surface area contributed by atoms with Crippen LogP contribution in [0.4, 0.5) is 0 Å². The van der Waals surface area contributed by atoms with Crippen LogP contribution in [0.25, 0.3) is 11.2 Å². The molecule has 0 aromatic carbocycles. The Morgan fingerprint density at radius 2 is 2.08 bits per heavy atom. The van der Waals surface area contributed by atoms with E-state index < -0.39 is 11.2 Å². The quantitative estimate of drug-likeness (QED) is 0.675. The molecule has 0 saturated heterocycles. The molecule has 26 heavy (non-hydrogen) atoms. The van der Waals surface area contributed by atoms with Gasteiger partial charge in [0.1, 0.15) is 12.3 Å². The summed E-state index contributed by atoms with van der Waals surface area (Å²) in [4.78, 5) is 40.7. The fourth-order valence-corrected chi connectivity index (χ4v) is 2.88. The molecule has 0 bridgehead atoms. The number of hydrogen-bond acceptors (Lipinski definition) is 5. The van der Waals surface area contributed by atoms with Gasteiger partial charge in [-0.2, -0.15) is 0 Å². The first-order chi connectivity index (χ1) is 12.4. The Balaban J connectivity index is 1.71. The van der Waals surface area contributed by atoms with Gasteiger partial charge >= 0.3 is 5.69 Å². The number of imidazole rings is 1. The minimum Gasteiger partial charge on any atom is -0.469 e. The number of nitrogens with one attached hydrogen (secondary N) is 1. The van der Waals surface area contributed by atoms with Gasteiger partial charge in [0.15, 0.2) is 11.2 Å². The number of furan rings is 1. The van der Waals surface area contributed by atoms with E-state index in [1.807, 2.05) is 19.1 Å². The minimum absolute atomic E-state index is 0.0466. The molecule has 3 rings (SSSR count). The molecule has 3 aromatic heterocycles. The van der Waals surface area contributed by atoms with Gasteiger partial charge in [0, 0.05) is 26.6 Å². The molecule has 0 aliphatic rings. The predicted molar refractivity (Wildman–Crippen MR) is 94.8 cm³/mol. The van der Waals surface area contributed by atoms with Crippen molar-refractivity contribution in [3.8, 4) is 0 Å². The number of hydrogen-bond donors (Lipinski definition) is 1. The molecule has 0 spiro atoms. The summed E-state index contributed by atoms with van der Waals surface area (Å²) < 4.78 is 9.03. The second kappa shape index (κ2) is 7.03. The molecule has 3 aromatic rings. The van der Waals surface area contributed by atoms with Gasteiger partial charge in [-0.1, -0.05) is 0 Å². The summed E-state index contributed by atoms with van der Waals surface area (Å²) >= 11 is 0. The van der Waals surface area contributed by atoms with E-state index in [1.54, 1.807) is 6.26 Å². The lowest BCUT2D eigenvalue weighted by molar-refractivity contribution is -0.122. The van der Waals surface area contributed by atoms with Crippen LogP contribution in [0.15, 0.2) is 38.7 Å². The van der Waals surface area contributed by atoms with E-state index in [-0.39, 0.29) is 29.7 Å². The Kier molecular flexibility index (Phi) is 4.79. The fraction of sp³-hybridized carbons (Fsp3) is 0.412. The Labute approximate surface area is 148 Å². The molecule has 0 aliphatic heterocycles. The predicted octanol–water partition coefficient (Wildman–Crippen LogP) is 0.164. The first-order valence-corrected chi connectivity index (χ1v) is 8.31. The number of rotatable bonds is 6. The van der Waals surface area contributed by atoms with Crippen molar-refractivity contribution in [2.45, 2.75) is 32.4 Å². The molecule has 1 amide bonds. The summed E-state index contributed by atoms with van der Waals surface area (Å²) in [6.07, 6.45) is 4.49. The zero-order chi connectivity index (χ0) is 18.8. The minimum atomic E-state index is -0.473. The largest absolute Gasteiger partial charge is 0.469 e.